The van der Waals surface area contributed by atoms with Gasteiger partial charge in [-0.05, 0) is 0 Å². The van der Waals surface area contributed by atoms with Gasteiger partial charge in [0.25, 0.3) is 7.82 Å². The van der Waals surface area contributed by atoms with E-state index in [-0.39, 0.29) is 263 Å². The third-order valence-corrected chi connectivity index (χ3v) is 6.78. The molecule has 182 valence electrons. The van der Waals surface area contributed by atoms with Crippen LogP contribution in [0.2, 0.25) is 0 Å². The molecule has 0 amide bonds. The van der Waals surface area contributed by atoms with E-state index in [4.69, 9.17) is 15.6 Å². The first-order chi connectivity index (χ1) is 14.5. The molecule has 4 atom stereocenters. The first-order valence-electron chi connectivity index (χ1n) is 7.88. The van der Waals surface area contributed by atoms with Crippen LogP contribution in [0.1, 0.15) is 6.23 Å². The summed E-state index contributed by atoms with van der Waals surface area (Å²) in [5.74, 6) is 0.218. The Bertz CT molecular complexity index is 1080. The quantitative estimate of drug-likeness (QED) is 0.159. The van der Waals surface area contributed by atoms with E-state index in [2.05, 4.69) is 23.6 Å². The van der Waals surface area contributed by atoms with Crippen molar-refractivity contribution in [2.45, 2.75) is 24.5 Å². The molecule has 0 aliphatic carbocycles. The summed E-state index contributed by atoms with van der Waals surface area (Å²) < 4.78 is 41.5. The molecule has 0 aromatic carbocycles. The van der Waals surface area contributed by atoms with Crippen LogP contribution < -0.4 is 287 Å². The predicted molar refractivity (Wildman–Crippen MR) is 87.7 cm³/mol. The van der Waals surface area contributed by atoms with Gasteiger partial charge in [0, 0.05) is 0 Å². The molecule has 37 heavy (non-hydrogen) atoms. The standard InChI is InChI=1S/C10H13N5O4.5K.H5O10P3/c11-8-5-9(13-2-12-8)15(3-14-5)10-7(18)6(17)4(1-16)19-10;;;;;;1-11(2,3)9-13(7,8)10-12(4,5)6/h2-4,6-7,10,16-18H,1H2,(H2,11,12,13);;;;;;(H,7,8)(H2,1,2,3)(H2,4,5,6)/q;5*+1;/p-5/t4-,6-,7-,10-;;;;;;/m1....../s1. The summed E-state index contributed by atoms with van der Waals surface area (Å²) in [6.07, 6.45) is -1.42. The SMILES string of the molecule is Nc1ncnc2c1ncn2[C@@H]1O[C@H](CO)[C@@H](O)[C@H]1O.O=P([O-])([O-])OP(=O)([O-])OP(=O)([O-])[O-].[K+].[K+].[K+].[K+].[K+]. The van der Waals surface area contributed by atoms with E-state index >= 15 is 0 Å². The monoisotopic (exact) mass is 715 g/mol. The summed E-state index contributed by atoms with van der Waals surface area (Å²) in [5.41, 5.74) is 6.44. The number of rotatable bonds is 6. The molecule has 0 saturated carbocycles. The Hall–Kier alpha value is 6.78. The van der Waals surface area contributed by atoms with E-state index in [1.54, 1.807) is 0 Å². The minimum atomic E-state index is -5.97. The van der Waals surface area contributed by atoms with Gasteiger partial charge in [0.1, 0.15) is 30.2 Å². The van der Waals surface area contributed by atoms with Crippen LogP contribution in [0.4, 0.5) is 5.82 Å². The Balaban J connectivity index is -0.000000275. The number of aliphatic hydroxyl groups is 3. The van der Waals surface area contributed by atoms with E-state index in [0.717, 1.165) is 0 Å². The average molecular weight is 716 g/mol. The topological polar surface area (TPSA) is 325 Å². The third kappa shape index (κ3) is 17.5. The molecule has 0 unspecified atom stereocenters. The molecule has 2 aromatic rings. The van der Waals surface area contributed by atoms with Crippen LogP contribution in [0.15, 0.2) is 12.7 Å². The number of nitrogen functional groups attached to an aromatic ring is 1. The van der Waals surface area contributed by atoms with E-state index < -0.39 is 54.6 Å². The number of nitrogens with two attached hydrogens (primary N) is 1. The fourth-order valence-corrected chi connectivity index (χ4v) is 4.77. The molecule has 3 heterocycles. The first-order valence-corrected chi connectivity index (χ1v) is 12.3. The predicted octanol–water partition coefficient (Wildman–Crippen LogP) is -20.8. The largest absolute Gasteiger partial charge is 1.00 e. The molecule has 0 bridgehead atoms. The molecule has 1 saturated heterocycles. The van der Waals surface area contributed by atoms with Crippen LogP contribution in [-0.4, -0.2) is 59.8 Å². The second kappa shape index (κ2) is 22.4. The van der Waals surface area contributed by atoms with Crippen molar-refractivity contribution in [3.8, 4) is 0 Å². The van der Waals surface area contributed by atoms with Gasteiger partial charge in [-0.3, -0.25) is 17.8 Å². The minimum Gasteiger partial charge on any atom is -0.790 e. The zero-order valence-electron chi connectivity index (χ0n) is 20.2. The van der Waals surface area contributed by atoms with Gasteiger partial charge in [-0.2, -0.15) is 0 Å². The number of hydrogen-bond acceptors (Lipinski definition) is 18. The van der Waals surface area contributed by atoms with Crippen LogP contribution >= 0.6 is 23.5 Å². The average Bonchev–Trinajstić information content (AvgIpc) is 3.14. The summed E-state index contributed by atoms with van der Waals surface area (Å²) >= 11 is 0. The van der Waals surface area contributed by atoms with Crippen molar-refractivity contribution < 1.29 is 324 Å². The Morgan fingerprint density at radius 3 is 1.81 bits per heavy atom. The number of ether oxygens (including phenoxy) is 1. The Labute approximate surface area is 421 Å². The van der Waals surface area contributed by atoms with E-state index in [1.807, 2.05) is 0 Å². The van der Waals surface area contributed by atoms with Gasteiger partial charge in [0.15, 0.2) is 17.7 Å². The summed E-state index contributed by atoms with van der Waals surface area (Å²) in [5, 5.41) is 28.7. The summed E-state index contributed by atoms with van der Waals surface area (Å²) in [6.45, 7) is -0.390. The van der Waals surface area contributed by atoms with Crippen LogP contribution in [0.5, 0.6) is 0 Å². The van der Waals surface area contributed by atoms with Gasteiger partial charge in [-0.1, -0.05) is 0 Å². The number of aliphatic hydroxyl groups excluding tert-OH is 3. The Morgan fingerprint density at radius 1 is 0.919 bits per heavy atom. The van der Waals surface area contributed by atoms with Crippen LogP contribution in [0.3, 0.4) is 0 Å². The fourth-order valence-electron chi connectivity index (χ4n) is 2.43. The maximum absolute atomic E-state index is 10.1. The number of nitrogens with zero attached hydrogens (tertiary/aromatic N) is 4. The molecule has 1 aliphatic heterocycles. The normalized spacial score (nSPS) is 21.1. The van der Waals surface area contributed by atoms with E-state index in [0.29, 0.717) is 11.2 Å². The first kappa shape index (κ1) is 50.6. The van der Waals surface area contributed by atoms with Crippen molar-refractivity contribution in [3.63, 3.8) is 0 Å². The Morgan fingerprint density at radius 2 is 1.41 bits per heavy atom. The molecule has 19 nitrogen and oxygen atoms in total. The number of aromatic nitrogens is 4. The number of anilines is 1. The van der Waals surface area contributed by atoms with Gasteiger partial charge in [0.05, 0.1) is 28.6 Å². The van der Waals surface area contributed by atoms with Gasteiger partial charge in [-0.15, -0.1) is 0 Å². The number of imidazole rings is 1. The van der Waals surface area contributed by atoms with Crippen molar-refractivity contribution in [3.05, 3.63) is 12.7 Å². The molecule has 5 N–H and O–H groups in total. The second-order valence-corrected chi connectivity index (χ2v) is 9.81. The van der Waals surface area contributed by atoms with E-state index in [9.17, 15) is 48.4 Å². The fraction of sp³-hybridized carbons (Fsp3) is 0.500. The molecule has 27 heteroatoms. The molecule has 2 aromatic heterocycles. The maximum Gasteiger partial charge on any atom is 1.00 e. The van der Waals surface area contributed by atoms with Crippen LogP contribution in [0, 0.1) is 0 Å². The molecule has 3 rings (SSSR count). The minimum absolute atomic E-state index is 0. The van der Waals surface area contributed by atoms with Crippen molar-refractivity contribution in [1.29, 1.82) is 0 Å². The molecular weight excluding hydrogens is 703 g/mol. The molecule has 0 spiro atoms. The van der Waals surface area contributed by atoms with Gasteiger partial charge >= 0.3 is 257 Å². The van der Waals surface area contributed by atoms with Gasteiger partial charge < -0.3 is 59.4 Å². The van der Waals surface area contributed by atoms with Crippen LogP contribution in [-0.2, 0) is 27.1 Å². The number of fused-ring (bicyclic) bond motifs is 1. The third-order valence-electron chi connectivity index (χ3n) is 3.58. The van der Waals surface area contributed by atoms with Gasteiger partial charge in [0.2, 0.25) is 0 Å². The second-order valence-electron chi connectivity index (χ2n) is 5.82. The summed E-state index contributed by atoms with van der Waals surface area (Å²) in [4.78, 5) is 60.5. The molecular formula is C10H13K5N5O14P3. The summed E-state index contributed by atoms with van der Waals surface area (Å²) in [6, 6.07) is 0. The molecule has 1 aliphatic rings. The molecule has 1 fully saturated rings. The van der Waals surface area contributed by atoms with Crippen molar-refractivity contribution in [2.75, 3.05) is 12.3 Å². The Kier molecular flexibility index (Phi) is 30.6. The zero-order valence-corrected chi connectivity index (χ0v) is 38.5. The van der Waals surface area contributed by atoms with Crippen LogP contribution in [0.25, 0.3) is 11.2 Å². The van der Waals surface area contributed by atoms with Crippen molar-refractivity contribution in [2.24, 2.45) is 0 Å². The number of hydrogen-bond donors (Lipinski definition) is 4. The van der Waals surface area contributed by atoms with Gasteiger partial charge in [-0.25, -0.2) is 15.0 Å². The maximum atomic E-state index is 10.1. The zero-order chi connectivity index (χ0) is 24.5. The molecule has 0 radical (unpaired) electrons. The van der Waals surface area contributed by atoms with Crippen molar-refractivity contribution >= 4 is 40.4 Å². The smallest absolute Gasteiger partial charge is 0.790 e. The number of phosphoric acid groups is 3. The van der Waals surface area contributed by atoms with Crippen molar-refractivity contribution in [1.82, 2.24) is 19.5 Å². The van der Waals surface area contributed by atoms with E-state index in [1.165, 1.54) is 17.2 Å². The summed E-state index contributed by atoms with van der Waals surface area (Å²) in [7, 11) is -17.9.